The molecule has 0 radical (unpaired) electrons. The van der Waals surface area contributed by atoms with Crippen molar-refractivity contribution in [2.24, 2.45) is 0 Å². The third kappa shape index (κ3) is 4.76. The zero-order chi connectivity index (χ0) is 17.5. The minimum atomic E-state index is 0.119. The van der Waals surface area contributed by atoms with Gasteiger partial charge < -0.3 is 9.32 Å². The second kappa shape index (κ2) is 8.58. The molecule has 3 rings (SSSR count). The molecule has 25 heavy (non-hydrogen) atoms. The van der Waals surface area contributed by atoms with Crippen molar-refractivity contribution in [1.29, 1.82) is 0 Å². The van der Waals surface area contributed by atoms with Crippen LogP contribution >= 0.6 is 11.3 Å². The van der Waals surface area contributed by atoms with E-state index in [1.165, 1.54) is 5.56 Å². The lowest BCUT2D eigenvalue weighted by atomic mass is 10.1. The van der Waals surface area contributed by atoms with Crippen molar-refractivity contribution in [1.82, 2.24) is 15.1 Å². The van der Waals surface area contributed by atoms with Gasteiger partial charge in [0, 0.05) is 36.9 Å². The zero-order valence-corrected chi connectivity index (χ0v) is 15.0. The molecule has 0 unspecified atom stereocenters. The Kier molecular flexibility index (Phi) is 5.95. The van der Waals surface area contributed by atoms with E-state index in [2.05, 4.69) is 22.3 Å². The first kappa shape index (κ1) is 17.4. The number of nitrogens with zero attached hydrogens (tertiary/aromatic N) is 3. The molecule has 0 aliphatic rings. The lowest BCUT2D eigenvalue weighted by Gasteiger charge is -2.20. The minimum Gasteiger partial charge on any atom is -0.421 e. The maximum absolute atomic E-state index is 12.4. The van der Waals surface area contributed by atoms with Crippen LogP contribution in [-0.2, 0) is 17.6 Å². The van der Waals surface area contributed by atoms with E-state index in [1.807, 2.05) is 46.8 Å². The van der Waals surface area contributed by atoms with E-state index in [-0.39, 0.29) is 5.91 Å². The highest BCUT2D eigenvalue weighted by molar-refractivity contribution is 7.08. The first-order valence-corrected chi connectivity index (χ1v) is 9.37. The van der Waals surface area contributed by atoms with Gasteiger partial charge in [-0.15, -0.1) is 10.2 Å². The van der Waals surface area contributed by atoms with Crippen LogP contribution < -0.4 is 0 Å². The quantitative estimate of drug-likeness (QED) is 0.616. The van der Waals surface area contributed by atoms with Gasteiger partial charge in [-0.05, 0) is 30.4 Å². The molecule has 0 bridgehead atoms. The number of amides is 1. The van der Waals surface area contributed by atoms with E-state index in [0.29, 0.717) is 31.2 Å². The molecule has 0 aliphatic carbocycles. The maximum atomic E-state index is 12.4. The summed E-state index contributed by atoms with van der Waals surface area (Å²) in [5.41, 5.74) is 2.17. The third-order valence-electron chi connectivity index (χ3n) is 4.04. The summed E-state index contributed by atoms with van der Waals surface area (Å²) >= 11 is 1.58. The lowest BCUT2D eigenvalue weighted by Crippen LogP contribution is -2.32. The van der Waals surface area contributed by atoms with Crippen molar-refractivity contribution in [3.63, 3.8) is 0 Å². The van der Waals surface area contributed by atoms with E-state index in [9.17, 15) is 4.79 Å². The molecule has 6 heteroatoms. The predicted octanol–water partition coefficient (Wildman–Crippen LogP) is 3.82. The lowest BCUT2D eigenvalue weighted by molar-refractivity contribution is -0.131. The number of thiophene rings is 1. The van der Waals surface area contributed by atoms with Crippen LogP contribution in [0.4, 0.5) is 0 Å². The minimum absolute atomic E-state index is 0.119. The van der Waals surface area contributed by atoms with Gasteiger partial charge in [-0.25, -0.2) is 0 Å². The highest BCUT2D eigenvalue weighted by Crippen LogP contribution is 2.20. The van der Waals surface area contributed by atoms with Crippen molar-refractivity contribution >= 4 is 17.2 Å². The number of likely N-dealkylation sites (N-methyl/N-ethyl adjacent to an activating group) is 1. The molecular formula is C19H21N3O2S. The number of benzene rings is 1. The molecule has 0 N–H and O–H groups in total. The SMILES string of the molecule is CCN(CCc1ccccc1)C(=O)CCc1nnc(-c2ccsc2)o1. The van der Waals surface area contributed by atoms with Crippen molar-refractivity contribution in [2.45, 2.75) is 26.2 Å². The van der Waals surface area contributed by atoms with E-state index in [0.717, 1.165) is 18.5 Å². The van der Waals surface area contributed by atoms with Gasteiger partial charge in [0.05, 0.1) is 0 Å². The highest BCUT2D eigenvalue weighted by Gasteiger charge is 2.15. The average molecular weight is 355 g/mol. The molecule has 0 saturated carbocycles. The Morgan fingerprint density at radius 1 is 1.16 bits per heavy atom. The molecule has 0 spiro atoms. The van der Waals surface area contributed by atoms with Crippen molar-refractivity contribution in [3.05, 3.63) is 58.6 Å². The van der Waals surface area contributed by atoms with Gasteiger partial charge in [-0.3, -0.25) is 4.79 Å². The number of aryl methyl sites for hydroxylation is 1. The van der Waals surface area contributed by atoms with Gasteiger partial charge in [0.1, 0.15) is 0 Å². The maximum Gasteiger partial charge on any atom is 0.248 e. The number of carbonyl (C=O) groups excluding carboxylic acids is 1. The fourth-order valence-electron chi connectivity index (χ4n) is 2.60. The summed E-state index contributed by atoms with van der Waals surface area (Å²) in [6.07, 6.45) is 1.72. The Labute approximate surface area is 151 Å². The predicted molar refractivity (Wildman–Crippen MR) is 98.3 cm³/mol. The summed E-state index contributed by atoms with van der Waals surface area (Å²) in [5.74, 6) is 1.14. The van der Waals surface area contributed by atoms with Gasteiger partial charge in [-0.2, -0.15) is 11.3 Å². The summed E-state index contributed by atoms with van der Waals surface area (Å²) in [4.78, 5) is 14.3. The smallest absolute Gasteiger partial charge is 0.248 e. The fraction of sp³-hybridized carbons (Fsp3) is 0.316. The van der Waals surface area contributed by atoms with Crippen molar-refractivity contribution in [3.8, 4) is 11.5 Å². The van der Waals surface area contributed by atoms with Crippen LogP contribution in [0.3, 0.4) is 0 Å². The van der Waals surface area contributed by atoms with Crippen LogP contribution in [0.15, 0.2) is 51.6 Å². The summed E-state index contributed by atoms with van der Waals surface area (Å²) in [6, 6.07) is 12.2. The standard InChI is InChI=1S/C19H21N3O2S/c1-2-22(12-10-15-6-4-3-5-7-15)18(23)9-8-17-20-21-19(24-17)16-11-13-25-14-16/h3-7,11,13-14H,2,8-10,12H2,1H3. The number of hydrogen-bond acceptors (Lipinski definition) is 5. The Balaban J connectivity index is 1.50. The fourth-order valence-corrected chi connectivity index (χ4v) is 3.23. The normalized spacial score (nSPS) is 10.8. The second-order valence-corrected chi connectivity index (χ2v) is 6.50. The van der Waals surface area contributed by atoms with Crippen LogP contribution in [0.2, 0.25) is 0 Å². The van der Waals surface area contributed by atoms with Gasteiger partial charge in [-0.1, -0.05) is 30.3 Å². The van der Waals surface area contributed by atoms with Gasteiger partial charge in [0.15, 0.2) is 0 Å². The Morgan fingerprint density at radius 2 is 2.00 bits per heavy atom. The average Bonchev–Trinajstić information content (AvgIpc) is 3.33. The summed E-state index contributed by atoms with van der Waals surface area (Å²) in [5, 5.41) is 12.0. The Bertz CT molecular complexity index is 784. The number of rotatable bonds is 8. The summed E-state index contributed by atoms with van der Waals surface area (Å²) < 4.78 is 5.63. The zero-order valence-electron chi connectivity index (χ0n) is 14.2. The molecule has 2 heterocycles. The molecule has 1 aromatic carbocycles. The largest absolute Gasteiger partial charge is 0.421 e. The topological polar surface area (TPSA) is 59.2 Å². The first-order valence-electron chi connectivity index (χ1n) is 8.43. The van der Waals surface area contributed by atoms with E-state index >= 15 is 0 Å². The van der Waals surface area contributed by atoms with Gasteiger partial charge >= 0.3 is 0 Å². The molecule has 0 fully saturated rings. The van der Waals surface area contributed by atoms with Crippen molar-refractivity contribution < 1.29 is 9.21 Å². The van der Waals surface area contributed by atoms with Gasteiger partial charge in [0.25, 0.3) is 0 Å². The number of hydrogen-bond donors (Lipinski definition) is 0. The third-order valence-corrected chi connectivity index (χ3v) is 4.72. The van der Waals surface area contributed by atoms with Crippen LogP contribution in [0.5, 0.6) is 0 Å². The Hall–Kier alpha value is -2.47. The first-order chi connectivity index (χ1) is 12.3. The molecule has 0 saturated heterocycles. The van der Waals surface area contributed by atoms with Crippen molar-refractivity contribution in [2.75, 3.05) is 13.1 Å². The van der Waals surface area contributed by atoms with E-state index in [1.54, 1.807) is 11.3 Å². The number of aromatic nitrogens is 2. The monoisotopic (exact) mass is 355 g/mol. The van der Waals surface area contributed by atoms with E-state index < -0.39 is 0 Å². The van der Waals surface area contributed by atoms with Crippen LogP contribution in [0, 0.1) is 0 Å². The molecule has 130 valence electrons. The highest BCUT2D eigenvalue weighted by atomic mass is 32.1. The molecular weight excluding hydrogens is 334 g/mol. The Morgan fingerprint density at radius 3 is 2.72 bits per heavy atom. The molecule has 3 aromatic rings. The molecule has 0 atom stereocenters. The van der Waals surface area contributed by atoms with Crippen LogP contribution in [0.25, 0.3) is 11.5 Å². The van der Waals surface area contributed by atoms with Crippen LogP contribution in [0.1, 0.15) is 24.8 Å². The summed E-state index contributed by atoms with van der Waals surface area (Å²) in [6.45, 7) is 3.43. The molecule has 2 aromatic heterocycles. The second-order valence-electron chi connectivity index (χ2n) is 5.72. The molecule has 0 aliphatic heterocycles. The number of carbonyl (C=O) groups is 1. The molecule has 1 amide bonds. The van der Waals surface area contributed by atoms with Crippen LogP contribution in [-0.4, -0.2) is 34.1 Å². The van der Waals surface area contributed by atoms with E-state index in [4.69, 9.17) is 4.42 Å². The van der Waals surface area contributed by atoms with Gasteiger partial charge in [0.2, 0.25) is 17.7 Å². The summed E-state index contributed by atoms with van der Waals surface area (Å²) in [7, 11) is 0. The molecule has 5 nitrogen and oxygen atoms in total.